The van der Waals surface area contributed by atoms with Gasteiger partial charge in [-0.1, -0.05) is 6.92 Å². The average molecular weight is 265 g/mol. The van der Waals surface area contributed by atoms with Gasteiger partial charge < -0.3 is 10.2 Å². The monoisotopic (exact) mass is 265 g/mol. The largest absolute Gasteiger partial charge is 0.325 e. The van der Waals surface area contributed by atoms with Crippen LogP contribution in [0.5, 0.6) is 0 Å². The van der Waals surface area contributed by atoms with Crippen molar-refractivity contribution in [1.82, 2.24) is 0 Å². The first-order valence-corrected chi connectivity index (χ1v) is 6.97. The van der Waals surface area contributed by atoms with Crippen LogP contribution in [0.4, 0.5) is 10.1 Å². The summed E-state index contributed by atoms with van der Waals surface area (Å²) in [7, 11) is 0. The number of carbonyl (C=O) groups excluding carboxylic acids is 1. The topological polar surface area (TPSA) is 33.5 Å². The van der Waals surface area contributed by atoms with E-state index in [1.165, 1.54) is 29.9 Å². The van der Waals surface area contributed by atoms with Gasteiger partial charge in [0, 0.05) is 5.69 Å². The Morgan fingerprint density at radius 2 is 1.89 bits per heavy atom. The summed E-state index contributed by atoms with van der Waals surface area (Å²) in [5, 5.41) is 2.85. The summed E-state index contributed by atoms with van der Waals surface area (Å²) in [5.41, 5.74) is 0.656. The molecule has 1 amide bonds. The third-order valence-corrected chi connectivity index (χ3v) is 4.03. The van der Waals surface area contributed by atoms with E-state index in [1.807, 2.05) is 6.92 Å². The maximum Gasteiger partial charge on any atom is 0.282 e. The molecule has 1 aromatic carbocycles. The number of piperidine rings is 1. The lowest BCUT2D eigenvalue weighted by Gasteiger charge is -2.31. The van der Waals surface area contributed by atoms with Crippen LogP contribution in [0.15, 0.2) is 24.3 Å². The summed E-state index contributed by atoms with van der Waals surface area (Å²) in [5.74, 6) is 0.494. The Hall–Kier alpha value is -1.42. The van der Waals surface area contributed by atoms with Crippen LogP contribution in [0.2, 0.25) is 0 Å². The van der Waals surface area contributed by atoms with E-state index in [-0.39, 0.29) is 17.8 Å². The van der Waals surface area contributed by atoms with Crippen LogP contribution in [0.1, 0.15) is 26.7 Å². The smallest absolute Gasteiger partial charge is 0.282 e. The molecule has 0 aliphatic carbocycles. The predicted molar refractivity (Wildman–Crippen MR) is 73.6 cm³/mol. The first kappa shape index (κ1) is 14.0. The Labute approximate surface area is 113 Å². The second kappa shape index (κ2) is 6.15. The Kier molecular flexibility index (Phi) is 4.53. The van der Waals surface area contributed by atoms with E-state index in [9.17, 15) is 9.18 Å². The molecule has 1 heterocycles. The molecule has 2 N–H and O–H groups in total. The molecule has 0 aromatic heterocycles. The SMILES string of the molecule is CC1CC[NH+]([C@H](C)C(=O)Nc2ccc(F)cc2)CC1. The van der Waals surface area contributed by atoms with Crippen molar-refractivity contribution in [2.75, 3.05) is 18.4 Å². The Morgan fingerprint density at radius 3 is 2.47 bits per heavy atom. The lowest BCUT2D eigenvalue weighted by atomic mass is 9.98. The molecule has 1 aromatic rings. The molecule has 1 saturated heterocycles. The predicted octanol–water partition coefficient (Wildman–Crippen LogP) is 1.47. The van der Waals surface area contributed by atoms with Gasteiger partial charge in [0.05, 0.1) is 13.1 Å². The third kappa shape index (κ3) is 3.77. The standard InChI is InChI=1S/C15H21FN2O/c1-11-7-9-18(10-8-11)12(2)15(19)17-14-5-3-13(16)4-6-14/h3-6,11-12H,7-10H2,1-2H3,(H,17,19)/p+1/t12-/m1/s1. The van der Waals surface area contributed by atoms with Gasteiger partial charge in [-0.25, -0.2) is 4.39 Å². The Bertz CT molecular complexity index is 424. The highest BCUT2D eigenvalue weighted by molar-refractivity contribution is 5.93. The van der Waals surface area contributed by atoms with Crippen molar-refractivity contribution in [1.29, 1.82) is 0 Å². The average Bonchev–Trinajstić information content (AvgIpc) is 2.41. The fourth-order valence-electron chi connectivity index (χ4n) is 2.54. The molecule has 104 valence electrons. The molecular formula is C15H22FN2O+. The normalized spacial score (nSPS) is 24.8. The van der Waals surface area contributed by atoms with Crippen LogP contribution >= 0.6 is 0 Å². The number of halogens is 1. The first-order valence-electron chi connectivity index (χ1n) is 6.97. The van der Waals surface area contributed by atoms with Gasteiger partial charge in [0.25, 0.3) is 5.91 Å². The minimum Gasteiger partial charge on any atom is -0.325 e. The van der Waals surface area contributed by atoms with Crippen molar-refractivity contribution in [3.05, 3.63) is 30.1 Å². The zero-order chi connectivity index (χ0) is 13.8. The van der Waals surface area contributed by atoms with Gasteiger partial charge in [0.15, 0.2) is 6.04 Å². The van der Waals surface area contributed by atoms with Crippen molar-refractivity contribution in [3.8, 4) is 0 Å². The minimum absolute atomic E-state index is 0.0103. The van der Waals surface area contributed by atoms with Crippen LogP contribution in [-0.2, 0) is 4.79 Å². The fraction of sp³-hybridized carbons (Fsp3) is 0.533. The number of anilines is 1. The van der Waals surface area contributed by atoms with Crippen molar-refractivity contribution in [3.63, 3.8) is 0 Å². The van der Waals surface area contributed by atoms with Gasteiger partial charge in [0.2, 0.25) is 0 Å². The summed E-state index contributed by atoms with van der Waals surface area (Å²) < 4.78 is 12.8. The van der Waals surface area contributed by atoms with Crippen molar-refractivity contribution >= 4 is 11.6 Å². The van der Waals surface area contributed by atoms with Crippen LogP contribution in [0, 0.1) is 11.7 Å². The highest BCUT2D eigenvalue weighted by Crippen LogP contribution is 2.09. The molecule has 1 atom stereocenters. The maximum absolute atomic E-state index is 12.8. The number of amides is 1. The van der Waals surface area contributed by atoms with E-state index < -0.39 is 0 Å². The molecule has 4 heteroatoms. The third-order valence-electron chi connectivity index (χ3n) is 4.03. The lowest BCUT2D eigenvalue weighted by molar-refractivity contribution is -0.919. The zero-order valence-corrected chi connectivity index (χ0v) is 11.6. The molecule has 2 rings (SSSR count). The molecule has 1 fully saturated rings. The number of carbonyl (C=O) groups is 1. The second-order valence-corrected chi connectivity index (χ2v) is 5.56. The van der Waals surface area contributed by atoms with Gasteiger partial charge >= 0.3 is 0 Å². The second-order valence-electron chi connectivity index (χ2n) is 5.56. The fourth-order valence-corrected chi connectivity index (χ4v) is 2.54. The zero-order valence-electron chi connectivity index (χ0n) is 11.6. The van der Waals surface area contributed by atoms with Crippen LogP contribution in [-0.4, -0.2) is 25.0 Å². The first-order chi connectivity index (χ1) is 9.06. The summed E-state index contributed by atoms with van der Waals surface area (Å²) in [6.07, 6.45) is 2.37. The highest BCUT2D eigenvalue weighted by Gasteiger charge is 2.28. The number of likely N-dealkylation sites (tertiary alicyclic amines) is 1. The molecule has 1 aliphatic rings. The Balaban J connectivity index is 1.90. The summed E-state index contributed by atoms with van der Waals surface area (Å²) >= 11 is 0. The Morgan fingerprint density at radius 1 is 1.32 bits per heavy atom. The van der Waals surface area contributed by atoms with E-state index in [4.69, 9.17) is 0 Å². The molecular weight excluding hydrogens is 243 g/mol. The van der Waals surface area contributed by atoms with Crippen LogP contribution in [0.3, 0.4) is 0 Å². The molecule has 0 bridgehead atoms. The molecule has 1 aliphatic heterocycles. The summed E-state index contributed by atoms with van der Waals surface area (Å²) in [4.78, 5) is 13.5. The van der Waals surface area contributed by atoms with E-state index in [0.29, 0.717) is 5.69 Å². The van der Waals surface area contributed by atoms with Crippen molar-refractivity contribution in [2.45, 2.75) is 32.7 Å². The van der Waals surface area contributed by atoms with Crippen molar-refractivity contribution in [2.24, 2.45) is 5.92 Å². The minimum atomic E-state index is -0.290. The number of hydrogen-bond acceptors (Lipinski definition) is 1. The molecule has 3 nitrogen and oxygen atoms in total. The van der Waals surface area contributed by atoms with Gasteiger partial charge in [-0.3, -0.25) is 4.79 Å². The highest BCUT2D eigenvalue weighted by atomic mass is 19.1. The molecule has 0 spiro atoms. The molecule has 0 saturated carbocycles. The molecule has 19 heavy (non-hydrogen) atoms. The quantitative estimate of drug-likeness (QED) is 0.852. The summed E-state index contributed by atoms with van der Waals surface area (Å²) in [6.45, 7) is 6.34. The van der Waals surface area contributed by atoms with Gasteiger partial charge in [-0.15, -0.1) is 0 Å². The number of hydrogen-bond donors (Lipinski definition) is 2. The lowest BCUT2D eigenvalue weighted by Crippen LogP contribution is -3.17. The number of benzene rings is 1. The van der Waals surface area contributed by atoms with E-state index >= 15 is 0 Å². The van der Waals surface area contributed by atoms with E-state index in [1.54, 1.807) is 12.1 Å². The van der Waals surface area contributed by atoms with Crippen LogP contribution in [0.25, 0.3) is 0 Å². The van der Waals surface area contributed by atoms with Crippen LogP contribution < -0.4 is 10.2 Å². The number of quaternary nitrogens is 1. The molecule has 0 radical (unpaired) electrons. The van der Waals surface area contributed by atoms with Gasteiger partial charge in [-0.2, -0.15) is 0 Å². The molecule has 0 unspecified atom stereocenters. The van der Waals surface area contributed by atoms with Crippen molar-refractivity contribution < 1.29 is 14.1 Å². The number of rotatable bonds is 3. The summed E-state index contributed by atoms with van der Waals surface area (Å²) in [6, 6.07) is 5.84. The number of nitrogens with one attached hydrogen (secondary N) is 2. The maximum atomic E-state index is 12.8. The van der Waals surface area contributed by atoms with E-state index in [0.717, 1.165) is 19.0 Å². The van der Waals surface area contributed by atoms with Gasteiger partial charge in [-0.05, 0) is 49.9 Å². The van der Waals surface area contributed by atoms with Gasteiger partial charge in [0.1, 0.15) is 5.82 Å². The van der Waals surface area contributed by atoms with E-state index in [2.05, 4.69) is 12.2 Å².